The molecule has 3 nitrogen and oxygen atoms in total. The highest BCUT2D eigenvalue weighted by Crippen LogP contribution is 2.16. The van der Waals surface area contributed by atoms with Crippen molar-refractivity contribution < 1.29 is 9.13 Å². The van der Waals surface area contributed by atoms with Gasteiger partial charge in [-0.25, -0.2) is 4.39 Å². The first-order valence-corrected chi connectivity index (χ1v) is 6.51. The molecule has 0 bridgehead atoms. The van der Waals surface area contributed by atoms with Gasteiger partial charge in [0.15, 0.2) is 0 Å². The van der Waals surface area contributed by atoms with Gasteiger partial charge < -0.3 is 9.64 Å². The molecule has 0 amide bonds. The maximum Gasteiger partial charge on any atom is 0.123 e. The summed E-state index contributed by atoms with van der Waals surface area (Å²) in [5.41, 5.74) is 1.12. The van der Waals surface area contributed by atoms with Crippen molar-refractivity contribution >= 4 is 5.69 Å². The number of methoxy groups -OCH3 is 1. The summed E-state index contributed by atoms with van der Waals surface area (Å²) in [6.45, 7) is 6.10. The van der Waals surface area contributed by atoms with Crippen LogP contribution in [-0.4, -0.2) is 51.3 Å². The molecule has 0 aliphatic carbocycles. The third-order valence-corrected chi connectivity index (χ3v) is 3.39. The van der Waals surface area contributed by atoms with Crippen molar-refractivity contribution in [2.24, 2.45) is 0 Å². The van der Waals surface area contributed by atoms with Crippen molar-refractivity contribution in [3.8, 4) is 0 Å². The molecule has 0 N–H and O–H groups in total. The average molecular weight is 252 g/mol. The van der Waals surface area contributed by atoms with Gasteiger partial charge in [-0.2, -0.15) is 0 Å². The quantitative estimate of drug-likeness (QED) is 0.745. The minimum Gasteiger partial charge on any atom is -0.385 e. The number of ether oxygens (including phenoxy) is 1. The molecule has 0 saturated carbocycles. The average Bonchev–Trinajstić information content (AvgIpc) is 2.41. The maximum absolute atomic E-state index is 12.9. The zero-order chi connectivity index (χ0) is 12.8. The first-order chi connectivity index (χ1) is 8.79. The van der Waals surface area contributed by atoms with Crippen LogP contribution in [0.4, 0.5) is 10.1 Å². The van der Waals surface area contributed by atoms with E-state index in [2.05, 4.69) is 9.80 Å². The fraction of sp³-hybridized carbons (Fsp3) is 0.571. The number of piperazine rings is 1. The molecule has 0 unspecified atom stereocenters. The minimum absolute atomic E-state index is 0.169. The molecule has 0 spiro atoms. The van der Waals surface area contributed by atoms with E-state index in [1.54, 1.807) is 7.11 Å². The van der Waals surface area contributed by atoms with E-state index in [9.17, 15) is 4.39 Å². The molecule has 0 atom stereocenters. The highest BCUT2D eigenvalue weighted by molar-refractivity contribution is 5.46. The Morgan fingerprint density at radius 1 is 1.11 bits per heavy atom. The van der Waals surface area contributed by atoms with Crippen LogP contribution in [0.3, 0.4) is 0 Å². The maximum atomic E-state index is 12.9. The lowest BCUT2D eigenvalue weighted by molar-refractivity contribution is 0.169. The van der Waals surface area contributed by atoms with Gasteiger partial charge in [-0.1, -0.05) is 0 Å². The van der Waals surface area contributed by atoms with Gasteiger partial charge in [0.2, 0.25) is 0 Å². The lowest BCUT2D eigenvalue weighted by Gasteiger charge is -2.36. The largest absolute Gasteiger partial charge is 0.385 e. The van der Waals surface area contributed by atoms with Gasteiger partial charge in [-0.3, -0.25) is 4.90 Å². The molecule has 0 aromatic heterocycles. The summed E-state index contributed by atoms with van der Waals surface area (Å²) in [7, 11) is 1.74. The standard InChI is InChI=1S/C14H21FN2O/c1-18-12-2-7-16-8-10-17(11-9-16)14-5-3-13(15)4-6-14/h3-6H,2,7-12H2,1H3. The van der Waals surface area contributed by atoms with Crippen molar-refractivity contribution in [1.29, 1.82) is 0 Å². The topological polar surface area (TPSA) is 15.7 Å². The summed E-state index contributed by atoms with van der Waals surface area (Å²) >= 11 is 0. The van der Waals surface area contributed by atoms with Crippen LogP contribution in [-0.2, 0) is 4.74 Å². The van der Waals surface area contributed by atoms with E-state index in [-0.39, 0.29) is 5.82 Å². The zero-order valence-corrected chi connectivity index (χ0v) is 10.9. The minimum atomic E-state index is -0.169. The van der Waals surface area contributed by atoms with Gasteiger partial charge in [0, 0.05) is 52.1 Å². The van der Waals surface area contributed by atoms with E-state index in [1.165, 1.54) is 12.1 Å². The van der Waals surface area contributed by atoms with Crippen LogP contribution in [0.15, 0.2) is 24.3 Å². The number of benzene rings is 1. The van der Waals surface area contributed by atoms with E-state index in [4.69, 9.17) is 4.74 Å². The summed E-state index contributed by atoms with van der Waals surface area (Å²) in [4.78, 5) is 4.77. The van der Waals surface area contributed by atoms with Crippen molar-refractivity contribution in [3.05, 3.63) is 30.1 Å². The molecular formula is C14H21FN2O. The predicted octanol–water partition coefficient (Wildman–Crippen LogP) is 1.98. The predicted molar refractivity (Wildman–Crippen MR) is 71.5 cm³/mol. The van der Waals surface area contributed by atoms with E-state index in [0.717, 1.165) is 51.4 Å². The molecule has 1 aliphatic heterocycles. The van der Waals surface area contributed by atoms with Crippen molar-refractivity contribution in [2.75, 3.05) is 51.3 Å². The molecule has 4 heteroatoms. The molecule has 0 radical (unpaired) electrons. The Kier molecular flexibility index (Phi) is 4.96. The lowest BCUT2D eigenvalue weighted by Crippen LogP contribution is -2.46. The van der Waals surface area contributed by atoms with Gasteiger partial charge in [0.05, 0.1) is 0 Å². The van der Waals surface area contributed by atoms with Crippen LogP contribution in [0.1, 0.15) is 6.42 Å². The number of halogens is 1. The Hall–Kier alpha value is -1.13. The Morgan fingerprint density at radius 2 is 1.78 bits per heavy atom. The number of nitrogens with zero attached hydrogens (tertiary/aromatic N) is 2. The fourth-order valence-electron chi connectivity index (χ4n) is 2.31. The Balaban J connectivity index is 1.77. The Bertz CT molecular complexity index is 347. The van der Waals surface area contributed by atoms with E-state index < -0.39 is 0 Å². The van der Waals surface area contributed by atoms with Crippen LogP contribution in [0.25, 0.3) is 0 Å². The molecule has 1 fully saturated rings. The third kappa shape index (κ3) is 3.68. The normalized spacial score (nSPS) is 17.1. The van der Waals surface area contributed by atoms with Crippen LogP contribution in [0.5, 0.6) is 0 Å². The summed E-state index contributed by atoms with van der Waals surface area (Å²) in [6, 6.07) is 6.77. The molecule has 2 rings (SSSR count). The number of rotatable bonds is 5. The highest BCUT2D eigenvalue weighted by Gasteiger charge is 2.16. The zero-order valence-electron chi connectivity index (χ0n) is 10.9. The first-order valence-electron chi connectivity index (χ1n) is 6.51. The van der Waals surface area contributed by atoms with Gasteiger partial charge in [-0.15, -0.1) is 0 Å². The fourth-order valence-corrected chi connectivity index (χ4v) is 2.31. The molecular weight excluding hydrogens is 231 g/mol. The van der Waals surface area contributed by atoms with E-state index >= 15 is 0 Å². The van der Waals surface area contributed by atoms with Crippen molar-refractivity contribution in [2.45, 2.75) is 6.42 Å². The molecule has 1 saturated heterocycles. The number of hydrogen-bond acceptors (Lipinski definition) is 3. The molecule has 1 heterocycles. The second-order valence-electron chi connectivity index (χ2n) is 4.65. The monoisotopic (exact) mass is 252 g/mol. The molecule has 18 heavy (non-hydrogen) atoms. The van der Waals surface area contributed by atoms with E-state index in [1.807, 2.05) is 12.1 Å². The van der Waals surface area contributed by atoms with E-state index in [0.29, 0.717) is 0 Å². The SMILES string of the molecule is COCCCN1CCN(c2ccc(F)cc2)CC1. The van der Waals surface area contributed by atoms with Crippen LogP contribution < -0.4 is 4.90 Å². The Labute approximate surface area is 108 Å². The second-order valence-corrected chi connectivity index (χ2v) is 4.65. The smallest absolute Gasteiger partial charge is 0.123 e. The first kappa shape index (κ1) is 13.3. The summed E-state index contributed by atoms with van der Waals surface area (Å²) < 4.78 is 17.9. The molecule has 100 valence electrons. The molecule has 1 aromatic rings. The lowest BCUT2D eigenvalue weighted by atomic mass is 10.2. The van der Waals surface area contributed by atoms with Gasteiger partial charge in [0.25, 0.3) is 0 Å². The highest BCUT2D eigenvalue weighted by atomic mass is 19.1. The number of hydrogen-bond donors (Lipinski definition) is 0. The van der Waals surface area contributed by atoms with Gasteiger partial charge >= 0.3 is 0 Å². The van der Waals surface area contributed by atoms with Crippen LogP contribution in [0.2, 0.25) is 0 Å². The van der Waals surface area contributed by atoms with Crippen molar-refractivity contribution in [3.63, 3.8) is 0 Å². The third-order valence-electron chi connectivity index (χ3n) is 3.39. The Morgan fingerprint density at radius 3 is 2.39 bits per heavy atom. The van der Waals surface area contributed by atoms with Gasteiger partial charge in [0.1, 0.15) is 5.82 Å². The van der Waals surface area contributed by atoms with Crippen LogP contribution in [0, 0.1) is 5.82 Å². The summed E-state index contributed by atoms with van der Waals surface area (Å²) in [5, 5.41) is 0. The summed E-state index contributed by atoms with van der Waals surface area (Å²) in [5.74, 6) is -0.169. The molecule has 1 aliphatic rings. The molecule has 1 aromatic carbocycles. The number of anilines is 1. The van der Waals surface area contributed by atoms with Crippen LogP contribution >= 0.6 is 0 Å². The van der Waals surface area contributed by atoms with Gasteiger partial charge in [-0.05, 0) is 30.7 Å². The van der Waals surface area contributed by atoms with Crippen molar-refractivity contribution in [1.82, 2.24) is 4.90 Å². The second kappa shape index (κ2) is 6.71. The summed E-state index contributed by atoms with van der Waals surface area (Å²) in [6.07, 6.45) is 1.09.